The fraction of sp³-hybridized carbons (Fsp3) is 0.667. The van der Waals surface area contributed by atoms with E-state index in [2.05, 4.69) is 24.1 Å². The van der Waals surface area contributed by atoms with Crippen molar-refractivity contribution < 1.29 is 8.78 Å². The first kappa shape index (κ1) is 19.9. The molecule has 2 fully saturated rings. The van der Waals surface area contributed by atoms with Crippen LogP contribution >= 0.6 is 24.0 Å². The first-order valence-electron chi connectivity index (χ1n) is 8.52. The van der Waals surface area contributed by atoms with Gasteiger partial charge in [0, 0.05) is 49.1 Å². The maximum atomic E-state index is 13.5. The maximum Gasteiger partial charge on any atom is 0.248 e. The lowest BCUT2D eigenvalue weighted by Crippen LogP contribution is -2.58. The van der Waals surface area contributed by atoms with Crippen molar-refractivity contribution in [2.24, 2.45) is 5.92 Å². The fourth-order valence-electron chi connectivity index (χ4n) is 4.03. The molecule has 1 unspecified atom stereocenters. The second-order valence-corrected chi connectivity index (χ2v) is 7.53. The van der Waals surface area contributed by atoms with Gasteiger partial charge in [-0.2, -0.15) is 0 Å². The van der Waals surface area contributed by atoms with Gasteiger partial charge in [-0.3, -0.25) is 4.90 Å². The van der Waals surface area contributed by atoms with E-state index in [9.17, 15) is 8.78 Å². The third kappa shape index (κ3) is 4.21. The van der Waals surface area contributed by atoms with Crippen LogP contribution in [-0.2, 0) is 0 Å². The van der Waals surface area contributed by atoms with Gasteiger partial charge in [-0.25, -0.2) is 8.78 Å². The van der Waals surface area contributed by atoms with Crippen LogP contribution in [0.15, 0.2) is 24.3 Å². The lowest BCUT2D eigenvalue weighted by Gasteiger charge is -2.50. The molecule has 1 aromatic rings. The van der Waals surface area contributed by atoms with Gasteiger partial charge in [-0.15, -0.1) is 12.4 Å². The number of nitrogens with one attached hydrogen (secondary N) is 1. The van der Waals surface area contributed by atoms with Crippen LogP contribution in [0.3, 0.4) is 0 Å². The van der Waals surface area contributed by atoms with Crippen molar-refractivity contribution in [3.8, 4) is 0 Å². The molecule has 0 aromatic heterocycles. The number of nitrogens with zero attached hydrogens (tertiary/aromatic N) is 1. The summed E-state index contributed by atoms with van der Waals surface area (Å²) in [7, 11) is 0. The van der Waals surface area contributed by atoms with Gasteiger partial charge in [0.1, 0.15) is 0 Å². The molecule has 1 saturated carbocycles. The zero-order valence-electron chi connectivity index (χ0n) is 14.1. The predicted molar refractivity (Wildman–Crippen MR) is 97.4 cm³/mol. The minimum Gasteiger partial charge on any atom is -0.311 e. The number of halogens is 4. The number of hydrogen-bond donors (Lipinski definition) is 1. The van der Waals surface area contributed by atoms with E-state index in [1.54, 1.807) is 0 Å². The Labute approximate surface area is 154 Å². The molecule has 1 N–H and O–H groups in total. The second kappa shape index (κ2) is 7.86. The third-order valence-corrected chi connectivity index (χ3v) is 5.52. The van der Waals surface area contributed by atoms with E-state index in [4.69, 9.17) is 11.6 Å². The van der Waals surface area contributed by atoms with E-state index in [-0.39, 0.29) is 37.2 Å². The Balaban J connectivity index is 0.00000208. The van der Waals surface area contributed by atoms with Crippen LogP contribution in [0, 0.1) is 5.92 Å². The highest BCUT2D eigenvalue weighted by molar-refractivity contribution is 6.30. The molecule has 1 aliphatic heterocycles. The Morgan fingerprint density at radius 1 is 1.29 bits per heavy atom. The summed E-state index contributed by atoms with van der Waals surface area (Å²) in [5.41, 5.74) is 1.11. The largest absolute Gasteiger partial charge is 0.311 e. The van der Waals surface area contributed by atoms with Gasteiger partial charge >= 0.3 is 0 Å². The highest BCUT2D eigenvalue weighted by atomic mass is 35.5. The SMILES string of the molecule is CC[C@@H]1CN[C@@H](C)CN1C(c1ccc(Cl)cc1)C1CC(F)(F)C1.Cl. The second-order valence-electron chi connectivity index (χ2n) is 7.09. The van der Waals surface area contributed by atoms with Crippen LogP contribution in [0.25, 0.3) is 0 Å². The molecule has 3 atom stereocenters. The third-order valence-electron chi connectivity index (χ3n) is 5.26. The maximum absolute atomic E-state index is 13.5. The summed E-state index contributed by atoms with van der Waals surface area (Å²) in [5, 5.41) is 4.20. The minimum atomic E-state index is -2.49. The van der Waals surface area contributed by atoms with Gasteiger partial charge in [-0.05, 0) is 37.0 Å². The Morgan fingerprint density at radius 3 is 2.46 bits per heavy atom. The van der Waals surface area contributed by atoms with Crippen LogP contribution < -0.4 is 5.32 Å². The van der Waals surface area contributed by atoms with Crippen molar-refractivity contribution >= 4 is 24.0 Å². The minimum absolute atomic E-state index is 0. The summed E-state index contributed by atoms with van der Waals surface area (Å²) in [4.78, 5) is 2.45. The molecule has 136 valence electrons. The molecule has 1 aromatic carbocycles. The molecule has 0 bridgehead atoms. The zero-order valence-corrected chi connectivity index (χ0v) is 15.7. The van der Waals surface area contributed by atoms with Crippen molar-refractivity contribution in [1.82, 2.24) is 10.2 Å². The zero-order chi connectivity index (χ0) is 16.6. The van der Waals surface area contributed by atoms with Crippen LogP contribution in [0.2, 0.25) is 5.02 Å². The summed E-state index contributed by atoms with van der Waals surface area (Å²) in [6.07, 6.45) is 1.01. The molecule has 0 spiro atoms. The van der Waals surface area contributed by atoms with E-state index in [0.29, 0.717) is 17.1 Å². The van der Waals surface area contributed by atoms with Gasteiger partial charge in [0.2, 0.25) is 5.92 Å². The highest BCUT2D eigenvalue weighted by Gasteiger charge is 2.51. The predicted octanol–water partition coefficient (Wildman–Crippen LogP) is 4.92. The van der Waals surface area contributed by atoms with E-state index in [0.717, 1.165) is 25.1 Å². The lowest BCUT2D eigenvalue weighted by molar-refractivity contribution is -0.138. The lowest BCUT2D eigenvalue weighted by atomic mass is 9.73. The van der Waals surface area contributed by atoms with Crippen LogP contribution in [-0.4, -0.2) is 36.0 Å². The first-order chi connectivity index (χ1) is 10.9. The fourth-order valence-corrected chi connectivity index (χ4v) is 4.15. The topological polar surface area (TPSA) is 15.3 Å². The molecule has 1 saturated heterocycles. The average Bonchev–Trinajstić information content (AvgIpc) is 2.48. The van der Waals surface area contributed by atoms with Crippen LogP contribution in [0.1, 0.15) is 44.7 Å². The summed E-state index contributed by atoms with van der Waals surface area (Å²) >= 11 is 6.01. The van der Waals surface area contributed by atoms with Crippen LogP contribution in [0.5, 0.6) is 0 Å². The summed E-state index contributed by atoms with van der Waals surface area (Å²) in [6, 6.07) is 8.57. The Hall–Kier alpha value is -0.420. The summed E-state index contributed by atoms with van der Waals surface area (Å²) < 4.78 is 27.0. The molecule has 6 heteroatoms. The number of benzene rings is 1. The molecule has 24 heavy (non-hydrogen) atoms. The number of alkyl halides is 2. The molecule has 3 rings (SSSR count). The number of hydrogen-bond acceptors (Lipinski definition) is 2. The van der Waals surface area contributed by atoms with E-state index in [1.807, 2.05) is 24.3 Å². The standard InChI is InChI=1S/C18H25ClF2N2.ClH/c1-3-16-10-22-12(2)11-23(16)17(14-8-18(20,21)9-14)13-4-6-15(19)7-5-13;/h4-7,12,14,16-17,22H,3,8-11H2,1-2H3;1H/t12-,16+,17?;/m0./s1. The quantitative estimate of drug-likeness (QED) is 0.799. The van der Waals surface area contributed by atoms with E-state index >= 15 is 0 Å². The highest BCUT2D eigenvalue weighted by Crippen LogP contribution is 2.51. The van der Waals surface area contributed by atoms with E-state index in [1.165, 1.54) is 0 Å². The van der Waals surface area contributed by atoms with E-state index < -0.39 is 5.92 Å². The van der Waals surface area contributed by atoms with Crippen molar-refractivity contribution in [3.63, 3.8) is 0 Å². The molecule has 2 aliphatic rings. The van der Waals surface area contributed by atoms with Gasteiger partial charge in [0.15, 0.2) is 0 Å². The summed E-state index contributed by atoms with van der Waals surface area (Å²) in [6.45, 7) is 6.15. The molecular formula is C18H26Cl2F2N2. The number of rotatable bonds is 4. The smallest absolute Gasteiger partial charge is 0.248 e. The monoisotopic (exact) mass is 378 g/mol. The van der Waals surface area contributed by atoms with Crippen LogP contribution in [0.4, 0.5) is 8.78 Å². The Morgan fingerprint density at radius 2 is 1.92 bits per heavy atom. The Kier molecular flexibility index (Phi) is 6.52. The van der Waals surface area contributed by atoms with Gasteiger partial charge in [0.25, 0.3) is 0 Å². The molecule has 0 amide bonds. The average molecular weight is 379 g/mol. The molecule has 0 radical (unpaired) electrons. The number of piperazine rings is 1. The van der Waals surface area contributed by atoms with Gasteiger partial charge in [0.05, 0.1) is 0 Å². The molecular weight excluding hydrogens is 353 g/mol. The van der Waals surface area contributed by atoms with Gasteiger partial charge < -0.3 is 5.32 Å². The van der Waals surface area contributed by atoms with Gasteiger partial charge in [-0.1, -0.05) is 30.7 Å². The normalized spacial score (nSPS) is 28.7. The molecule has 1 aliphatic carbocycles. The van der Waals surface area contributed by atoms with Crippen molar-refractivity contribution in [2.45, 2.75) is 57.2 Å². The molecule has 2 nitrogen and oxygen atoms in total. The Bertz CT molecular complexity index is 530. The van der Waals surface area contributed by atoms with Crippen molar-refractivity contribution in [3.05, 3.63) is 34.9 Å². The molecule has 1 heterocycles. The first-order valence-corrected chi connectivity index (χ1v) is 8.90. The summed E-state index contributed by atoms with van der Waals surface area (Å²) in [5.74, 6) is -2.47. The van der Waals surface area contributed by atoms with Crippen molar-refractivity contribution in [2.75, 3.05) is 13.1 Å². The van der Waals surface area contributed by atoms with Crippen molar-refractivity contribution in [1.29, 1.82) is 0 Å².